The summed E-state index contributed by atoms with van der Waals surface area (Å²) in [7, 11) is 1.50. The molecule has 2 unspecified atom stereocenters. The zero-order valence-corrected chi connectivity index (χ0v) is 12.6. The summed E-state index contributed by atoms with van der Waals surface area (Å²) in [6.07, 6.45) is -0.00946. The number of carboxylic acid groups (broad SMARTS) is 1. The second kappa shape index (κ2) is 5.44. The van der Waals surface area contributed by atoms with E-state index in [1.165, 1.54) is 12.0 Å². The summed E-state index contributed by atoms with van der Waals surface area (Å²) in [4.78, 5) is 29.1. The number of amides is 1. The molecule has 1 amide bonds. The molecule has 21 heavy (non-hydrogen) atoms. The Morgan fingerprint density at radius 2 is 2.10 bits per heavy atom. The van der Waals surface area contributed by atoms with Crippen LogP contribution in [0.25, 0.3) is 0 Å². The van der Waals surface area contributed by atoms with E-state index < -0.39 is 17.9 Å². The van der Waals surface area contributed by atoms with Crippen molar-refractivity contribution in [1.29, 1.82) is 0 Å². The summed E-state index contributed by atoms with van der Waals surface area (Å²) < 4.78 is 5.16. The van der Waals surface area contributed by atoms with E-state index in [-0.39, 0.29) is 30.3 Å². The van der Waals surface area contributed by atoms with Gasteiger partial charge >= 0.3 is 5.97 Å². The van der Waals surface area contributed by atoms with E-state index in [0.29, 0.717) is 5.82 Å². The molecule has 2 heterocycles. The number of carbonyl (C=O) groups excluding carboxylic acids is 1. The Morgan fingerprint density at radius 3 is 2.57 bits per heavy atom. The molecule has 0 saturated carbocycles. The van der Waals surface area contributed by atoms with Gasteiger partial charge in [-0.2, -0.15) is 0 Å². The molecule has 1 aromatic rings. The van der Waals surface area contributed by atoms with Crippen LogP contribution in [-0.4, -0.2) is 62.9 Å². The number of hydrogen-bond donors (Lipinski definition) is 2. The van der Waals surface area contributed by atoms with Gasteiger partial charge in [-0.25, -0.2) is 9.78 Å². The zero-order valence-electron chi connectivity index (χ0n) is 12.6. The van der Waals surface area contributed by atoms with Crippen LogP contribution in [0.2, 0.25) is 0 Å². The Balaban J connectivity index is 2.22. The fourth-order valence-electron chi connectivity index (χ4n) is 2.25. The van der Waals surface area contributed by atoms with Crippen LogP contribution < -0.4 is 0 Å². The Kier molecular flexibility index (Phi) is 3.99. The summed E-state index contributed by atoms with van der Waals surface area (Å²) in [6.45, 7) is 6.06. The summed E-state index contributed by atoms with van der Waals surface area (Å²) in [5.41, 5.74) is -0.266. The van der Waals surface area contributed by atoms with Crippen molar-refractivity contribution in [3.63, 3.8) is 0 Å². The average Bonchev–Trinajstić information content (AvgIpc) is 3.04. The highest BCUT2D eigenvalue weighted by atomic mass is 16.5. The minimum absolute atomic E-state index is 0.0112. The number of aliphatic carboxylic acids is 1. The number of aromatic amines is 1. The molecular formula is C13H20N4O4. The molecule has 8 heteroatoms. The predicted octanol–water partition coefficient (Wildman–Crippen LogP) is 0.416. The molecule has 1 fully saturated rings. The maximum atomic E-state index is 12.4. The molecule has 0 bridgehead atoms. The van der Waals surface area contributed by atoms with E-state index in [2.05, 4.69) is 15.2 Å². The first-order valence-corrected chi connectivity index (χ1v) is 6.73. The lowest BCUT2D eigenvalue weighted by Gasteiger charge is -2.19. The molecule has 1 saturated heterocycles. The number of methoxy groups -OCH3 is 1. The quantitative estimate of drug-likeness (QED) is 0.836. The van der Waals surface area contributed by atoms with E-state index in [1.54, 1.807) is 0 Å². The summed E-state index contributed by atoms with van der Waals surface area (Å²) >= 11 is 0. The first-order chi connectivity index (χ1) is 9.74. The van der Waals surface area contributed by atoms with Crippen LogP contribution in [0.3, 0.4) is 0 Å². The monoisotopic (exact) mass is 296 g/mol. The lowest BCUT2D eigenvalue weighted by atomic mass is 9.96. The van der Waals surface area contributed by atoms with E-state index >= 15 is 0 Å². The van der Waals surface area contributed by atoms with Gasteiger partial charge in [0.25, 0.3) is 5.91 Å². The standard InChI is InChI=1S/C13H20N4O4/c1-13(2,3)12-14-9(15-16-12)10(18)17-6-7(21-4)5-8(17)11(19)20/h7-8H,5-6H2,1-4H3,(H,19,20)(H,14,15,16). The Bertz CT molecular complexity index is 549. The van der Waals surface area contributed by atoms with Gasteiger partial charge in [0.1, 0.15) is 11.9 Å². The minimum atomic E-state index is -1.05. The molecule has 8 nitrogen and oxygen atoms in total. The molecular weight excluding hydrogens is 276 g/mol. The van der Waals surface area contributed by atoms with Crippen LogP contribution in [0.15, 0.2) is 0 Å². The number of H-pyrrole nitrogens is 1. The summed E-state index contributed by atoms with van der Waals surface area (Å²) in [5, 5.41) is 15.9. The Hall–Kier alpha value is -1.96. The van der Waals surface area contributed by atoms with Gasteiger partial charge in [-0.1, -0.05) is 20.8 Å². The van der Waals surface area contributed by atoms with Gasteiger partial charge in [0.15, 0.2) is 0 Å². The average molecular weight is 296 g/mol. The fourth-order valence-corrected chi connectivity index (χ4v) is 2.25. The maximum Gasteiger partial charge on any atom is 0.326 e. The number of hydrogen-bond acceptors (Lipinski definition) is 5. The normalized spacial score (nSPS) is 22.6. The van der Waals surface area contributed by atoms with Crippen LogP contribution in [-0.2, 0) is 14.9 Å². The smallest absolute Gasteiger partial charge is 0.326 e. The lowest BCUT2D eigenvalue weighted by Crippen LogP contribution is -2.41. The maximum absolute atomic E-state index is 12.4. The van der Waals surface area contributed by atoms with Crippen molar-refractivity contribution in [3.8, 4) is 0 Å². The first-order valence-electron chi connectivity index (χ1n) is 6.73. The van der Waals surface area contributed by atoms with Crippen LogP contribution in [0.1, 0.15) is 43.6 Å². The van der Waals surface area contributed by atoms with Crippen molar-refractivity contribution < 1.29 is 19.4 Å². The molecule has 1 aliphatic heterocycles. The molecule has 0 aromatic carbocycles. The molecule has 0 spiro atoms. The highest BCUT2D eigenvalue weighted by Crippen LogP contribution is 2.23. The van der Waals surface area contributed by atoms with Gasteiger partial charge in [-0.15, -0.1) is 5.10 Å². The van der Waals surface area contributed by atoms with E-state index in [0.717, 1.165) is 0 Å². The van der Waals surface area contributed by atoms with Gasteiger partial charge in [0, 0.05) is 25.5 Å². The first kappa shape index (κ1) is 15.4. The van der Waals surface area contributed by atoms with E-state index in [9.17, 15) is 14.7 Å². The molecule has 116 valence electrons. The second-order valence-corrected chi connectivity index (χ2v) is 6.16. The van der Waals surface area contributed by atoms with Crippen molar-refractivity contribution >= 4 is 11.9 Å². The fraction of sp³-hybridized carbons (Fsp3) is 0.692. The van der Waals surface area contributed by atoms with Crippen LogP contribution >= 0.6 is 0 Å². The van der Waals surface area contributed by atoms with Crippen LogP contribution in [0.5, 0.6) is 0 Å². The lowest BCUT2D eigenvalue weighted by molar-refractivity contribution is -0.141. The third-order valence-electron chi connectivity index (χ3n) is 3.53. The van der Waals surface area contributed by atoms with Gasteiger partial charge in [-0.3, -0.25) is 9.89 Å². The molecule has 2 rings (SSSR count). The number of carboxylic acids is 1. The van der Waals surface area contributed by atoms with Crippen molar-refractivity contribution in [1.82, 2.24) is 20.1 Å². The Morgan fingerprint density at radius 1 is 1.43 bits per heavy atom. The molecule has 2 atom stereocenters. The third kappa shape index (κ3) is 3.05. The van der Waals surface area contributed by atoms with Crippen LogP contribution in [0, 0.1) is 0 Å². The van der Waals surface area contributed by atoms with Crippen molar-refractivity contribution in [2.24, 2.45) is 0 Å². The molecule has 2 N–H and O–H groups in total. The second-order valence-electron chi connectivity index (χ2n) is 6.16. The highest BCUT2D eigenvalue weighted by molar-refractivity contribution is 5.94. The van der Waals surface area contributed by atoms with Gasteiger partial charge in [0.05, 0.1) is 6.10 Å². The summed E-state index contributed by atoms with van der Waals surface area (Å²) in [5.74, 6) is -0.966. The number of aromatic nitrogens is 3. The molecule has 0 radical (unpaired) electrons. The molecule has 1 aromatic heterocycles. The van der Waals surface area contributed by atoms with Crippen molar-refractivity contribution in [2.45, 2.75) is 44.8 Å². The number of nitrogens with zero attached hydrogens (tertiary/aromatic N) is 3. The SMILES string of the molecule is COC1CC(C(=O)O)N(C(=O)c2n[nH]c(C(C)(C)C)n2)C1. The largest absolute Gasteiger partial charge is 0.480 e. The zero-order chi connectivity index (χ0) is 15.8. The van der Waals surface area contributed by atoms with Crippen molar-refractivity contribution in [2.75, 3.05) is 13.7 Å². The molecule has 0 aliphatic carbocycles. The predicted molar refractivity (Wildman–Crippen MR) is 73.0 cm³/mol. The van der Waals surface area contributed by atoms with Crippen LogP contribution in [0.4, 0.5) is 0 Å². The summed E-state index contributed by atoms with van der Waals surface area (Å²) in [6, 6.07) is -0.904. The third-order valence-corrected chi connectivity index (χ3v) is 3.53. The van der Waals surface area contributed by atoms with Crippen molar-refractivity contribution in [3.05, 3.63) is 11.6 Å². The number of rotatable bonds is 3. The molecule has 1 aliphatic rings. The highest BCUT2D eigenvalue weighted by Gasteiger charge is 2.41. The van der Waals surface area contributed by atoms with Gasteiger partial charge in [0.2, 0.25) is 5.82 Å². The number of carbonyl (C=O) groups is 2. The van der Waals surface area contributed by atoms with E-state index in [4.69, 9.17) is 4.74 Å². The number of nitrogens with one attached hydrogen (secondary N) is 1. The van der Waals surface area contributed by atoms with Gasteiger partial charge in [-0.05, 0) is 0 Å². The minimum Gasteiger partial charge on any atom is -0.480 e. The topological polar surface area (TPSA) is 108 Å². The van der Waals surface area contributed by atoms with E-state index in [1.807, 2.05) is 20.8 Å². The number of likely N-dealkylation sites (tertiary alicyclic amines) is 1. The number of ether oxygens (including phenoxy) is 1. The van der Waals surface area contributed by atoms with Gasteiger partial charge < -0.3 is 14.7 Å². The Labute approximate surface area is 122 Å².